The molecule has 0 unspecified atom stereocenters. The lowest BCUT2D eigenvalue weighted by atomic mass is 10.2. The first-order valence-corrected chi connectivity index (χ1v) is 6.41. The minimum atomic E-state index is -1.60. The van der Waals surface area contributed by atoms with Crippen LogP contribution in [0.3, 0.4) is 0 Å². The van der Waals surface area contributed by atoms with Gasteiger partial charge in [-0.2, -0.15) is 0 Å². The van der Waals surface area contributed by atoms with Gasteiger partial charge in [0.1, 0.15) is 5.75 Å². The highest BCUT2D eigenvalue weighted by Crippen LogP contribution is 2.22. The van der Waals surface area contributed by atoms with Crippen LogP contribution in [-0.2, 0) is 0 Å². The molecule has 1 amide bonds. The molecule has 0 aromatic heterocycles. The van der Waals surface area contributed by atoms with Crippen LogP contribution in [0.4, 0.5) is 18.9 Å². The Hall–Kier alpha value is -1.77. The second-order valence-electron chi connectivity index (χ2n) is 3.87. The molecule has 0 aliphatic carbocycles. The number of carbonyl (C=O) groups excluding carboxylic acids is 1. The normalized spacial score (nSPS) is 10.4. The second-order valence-corrected chi connectivity index (χ2v) is 5.04. The number of phenolic OH excluding ortho intramolecular Hbond substituents is 1. The molecule has 2 N–H and O–H groups in total. The number of nitrogens with one attached hydrogen (secondary N) is 1. The second kappa shape index (κ2) is 5.70. The van der Waals surface area contributed by atoms with E-state index in [1.54, 1.807) is 0 Å². The van der Waals surface area contributed by atoms with Gasteiger partial charge in [-0.05, 0) is 40.8 Å². The van der Waals surface area contributed by atoms with E-state index >= 15 is 0 Å². The van der Waals surface area contributed by atoms with Crippen LogP contribution in [0.2, 0.25) is 0 Å². The summed E-state index contributed by atoms with van der Waals surface area (Å²) in [5.41, 5.74) is -0.113. The molecule has 3 nitrogen and oxygen atoms in total. The molecule has 7 heteroatoms. The van der Waals surface area contributed by atoms with Crippen LogP contribution in [0.5, 0.6) is 5.75 Å². The lowest BCUT2D eigenvalue weighted by Gasteiger charge is -2.07. The van der Waals surface area contributed by atoms with Crippen LogP contribution < -0.4 is 5.32 Å². The number of halogens is 4. The van der Waals surface area contributed by atoms with E-state index in [2.05, 4.69) is 5.32 Å². The van der Waals surface area contributed by atoms with Crippen molar-refractivity contribution in [1.82, 2.24) is 0 Å². The van der Waals surface area contributed by atoms with Crippen molar-refractivity contribution in [2.24, 2.45) is 0 Å². The van der Waals surface area contributed by atoms with Gasteiger partial charge in [-0.1, -0.05) is 0 Å². The fourth-order valence-electron chi connectivity index (χ4n) is 1.48. The molecule has 0 heterocycles. The van der Waals surface area contributed by atoms with Crippen molar-refractivity contribution in [2.75, 3.05) is 5.32 Å². The zero-order valence-electron chi connectivity index (χ0n) is 9.75. The quantitative estimate of drug-likeness (QED) is 0.605. The Labute approximate surface area is 125 Å². The Morgan fingerprint density at radius 2 is 1.70 bits per heavy atom. The summed E-state index contributed by atoms with van der Waals surface area (Å²) in [6.07, 6.45) is 0. The highest BCUT2D eigenvalue weighted by Gasteiger charge is 2.13. The van der Waals surface area contributed by atoms with E-state index in [0.29, 0.717) is 15.7 Å². The number of amides is 1. The molecule has 0 fully saturated rings. The van der Waals surface area contributed by atoms with Crippen LogP contribution in [-0.4, -0.2) is 11.0 Å². The third-order valence-electron chi connectivity index (χ3n) is 2.45. The number of aromatic hydroxyl groups is 1. The zero-order valence-corrected chi connectivity index (χ0v) is 11.9. The van der Waals surface area contributed by atoms with Gasteiger partial charge in [0.25, 0.3) is 5.91 Å². The van der Waals surface area contributed by atoms with Gasteiger partial charge in [-0.15, -0.1) is 0 Å². The van der Waals surface area contributed by atoms with Crippen LogP contribution in [0, 0.1) is 21.0 Å². The van der Waals surface area contributed by atoms with E-state index in [9.17, 15) is 23.1 Å². The van der Waals surface area contributed by atoms with Crippen LogP contribution >= 0.6 is 22.6 Å². The first kappa shape index (κ1) is 14.6. The minimum absolute atomic E-state index is 0.0882. The highest BCUT2D eigenvalue weighted by molar-refractivity contribution is 14.1. The van der Waals surface area contributed by atoms with E-state index in [-0.39, 0.29) is 17.0 Å². The standard InChI is InChI=1S/C13H7F3INO2/c14-8-4-7(5-9(15)12(8)16)18-13(20)6-1-2-10(17)11(19)3-6/h1-5,19H,(H,18,20). The maximum atomic E-state index is 13.0. The Morgan fingerprint density at radius 3 is 2.25 bits per heavy atom. The first-order chi connectivity index (χ1) is 9.38. The summed E-state index contributed by atoms with van der Waals surface area (Å²) in [7, 11) is 0. The van der Waals surface area contributed by atoms with Crippen LogP contribution in [0.25, 0.3) is 0 Å². The molecule has 0 radical (unpaired) electrons. The number of hydrogen-bond acceptors (Lipinski definition) is 2. The number of benzene rings is 2. The summed E-state index contributed by atoms with van der Waals surface area (Å²) in [5.74, 6) is -5.16. The Kier molecular flexibility index (Phi) is 4.17. The number of rotatable bonds is 2. The molecule has 0 saturated heterocycles. The largest absolute Gasteiger partial charge is 0.507 e. The molecule has 0 atom stereocenters. The summed E-state index contributed by atoms with van der Waals surface area (Å²) in [6.45, 7) is 0. The van der Waals surface area contributed by atoms with Gasteiger partial charge in [-0.3, -0.25) is 4.79 Å². The van der Waals surface area contributed by atoms with E-state index in [1.165, 1.54) is 18.2 Å². The lowest BCUT2D eigenvalue weighted by Crippen LogP contribution is -2.12. The van der Waals surface area contributed by atoms with E-state index in [1.807, 2.05) is 22.6 Å². The Balaban J connectivity index is 2.25. The maximum Gasteiger partial charge on any atom is 0.255 e. The molecule has 20 heavy (non-hydrogen) atoms. The van der Waals surface area contributed by atoms with E-state index in [4.69, 9.17) is 0 Å². The number of carbonyl (C=O) groups is 1. The Morgan fingerprint density at radius 1 is 1.10 bits per heavy atom. The van der Waals surface area contributed by atoms with E-state index in [0.717, 1.165) is 0 Å². The van der Waals surface area contributed by atoms with Gasteiger partial charge in [-0.25, -0.2) is 13.2 Å². The molecule has 0 bridgehead atoms. The highest BCUT2D eigenvalue weighted by atomic mass is 127. The molecule has 0 spiro atoms. The maximum absolute atomic E-state index is 13.0. The fraction of sp³-hybridized carbons (Fsp3) is 0. The van der Waals surface area contributed by atoms with Gasteiger partial charge < -0.3 is 10.4 Å². The summed E-state index contributed by atoms with van der Waals surface area (Å²) >= 11 is 1.88. The first-order valence-electron chi connectivity index (χ1n) is 5.33. The molecule has 2 rings (SSSR count). The molecule has 2 aromatic carbocycles. The fourth-order valence-corrected chi connectivity index (χ4v) is 1.82. The van der Waals surface area contributed by atoms with Gasteiger partial charge in [0, 0.05) is 23.4 Å². The van der Waals surface area contributed by atoms with Gasteiger partial charge in [0.15, 0.2) is 17.5 Å². The predicted molar refractivity (Wildman–Crippen MR) is 75.1 cm³/mol. The zero-order chi connectivity index (χ0) is 14.9. The average Bonchev–Trinajstić information content (AvgIpc) is 2.39. The van der Waals surface area contributed by atoms with Crippen molar-refractivity contribution < 1.29 is 23.1 Å². The number of anilines is 1. The van der Waals surface area contributed by atoms with Crippen LogP contribution in [0.1, 0.15) is 10.4 Å². The molecule has 0 aliphatic rings. The number of hydrogen-bond donors (Lipinski definition) is 2. The van der Waals surface area contributed by atoms with E-state index < -0.39 is 23.4 Å². The van der Waals surface area contributed by atoms with Gasteiger partial charge in [0.05, 0.1) is 3.57 Å². The summed E-state index contributed by atoms with van der Waals surface area (Å²) in [6, 6.07) is 5.50. The summed E-state index contributed by atoms with van der Waals surface area (Å²) in [5, 5.41) is 11.7. The average molecular weight is 393 g/mol. The van der Waals surface area contributed by atoms with Crippen molar-refractivity contribution >= 4 is 34.2 Å². The van der Waals surface area contributed by atoms with Crippen LogP contribution in [0.15, 0.2) is 30.3 Å². The predicted octanol–water partition coefficient (Wildman–Crippen LogP) is 3.67. The topological polar surface area (TPSA) is 49.3 Å². The summed E-state index contributed by atoms with van der Waals surface area (Å²) < 4.78 is 39.3. The van der Waals surface area contributed by atoms with Crippen molar-refractivity contribution in [3.63, 3.8) is 0 Å². The molecular formula is C13H7F3INO2. The van der Waals surface area contributed by atoms with Gasteiger partial charge in [0.2, 0.25) is 0 Å². The third kappa shape index (κ3) is 3.03. The summed E-state index contributed by atoms with van der Waals surface area (Å²) in [4.78, 5) is 11.8. The third-order valence-corrected chi connectivity index (χ3v) is 3.36. The molecule has 0 aliphatic heterocycles. The molecule has 104 valence electrons. The lowest BCUT2D eigenvalue weighted by molar-refractivity contribution is 0.102. The molecule has 0 saturated carbocycles. The van der Waals surface area contributed by atoms with Crippen molar-refractivity contribution in [3.05, 3.63) is 56.9 Å². The Bertz CT molecular complexity index is 668. The monoisotopic (exact) mass is 393 g/mol. The van der Waals surface area contributed by atoms with Crippen molar-refractivity contribution in [3.8, 4) is 5.75 Å². The van der Waals surface area contributed by atoms with Crippen molar-refractivity contribution in [2.45, 2.75) is 0 Å². The molecule has 2 aromatic rings. The minimum Gasteiger partial charge on any atom is -0.507 e. The number of phenols is 1. The smallest absolute Gasteiger partial charge is 0.255 e. The van der Waals surface area contributed by atoms with Gasteiger partial charge >= 0.3 is 0 Å². The molecular weight excluding hydrogens is 386 g/mol. The van der Waals surface area contributed by atoms with Crippen molar-refractivity contribution in [1.29, 1.82) is 0 Å². The SMILES string of the molecule is O=C(Nc1cc(F)c(F)c(F)c1)c1ccc(I)c(O)c1.